The van der Waals surface area contributed by atoms with Crippen molar-refractivity contribution in [2.45, 2.75) is 39.3 Å². The summed E-state index contributed by atoms with van der Waals surface area (Å²) in [6.45, 7) is 11.9. The van der Waals surface area contributed by atoms with Gasteiger partial charge in [-0.25, -0.2) is 4.98 Å². The molecule has 0 saturated heterocycles. The summed E-state index contributed by atoms with van der Waals surface area (Å²) in [7, 11) is -2.31. The third-order valence-electron chi connectivity index (χ3n) is 14.3. The van der Waals surface area contributed by atoms with Crippen molar-refractivity contribution in [1.29, 1.82) is 0 Å². The number of hydrogen-bond donors (Lipinski definition) is 0. The van der Waals surface area contributed by atoms with Crippen LogP contribution in [0, 0.1) is 6.33 Å². The molecular formula is C60H46N4Si. The summed E-state index contributed by atoms with van der Waals surface area (Å²) in [6, 6.07) is 70.3. The van der Waals surface area contributed by atoms with Crippen LogP contribution in [0.3, 0.4) is 0 Å². The first-order valence-electron chi connectivity index (χ1n) is 22.7. The molecule has 0 aliphatic carbocycles. The average Bonchev–Trinajstić information content (AvgIpc) is 3.90. The van der Waals surface area contributed by atoms with Gasteiger partial charge in [0.1, 0.15) is 13.9 Å². The maximum Gasteiger partial charge on any atom is 0.269 e. The number of hydrogen-bond acceptors (Lipinski definition) is 1. The second-order valence-electron chi connectivity index (χ2n) is 19.4. The Hall–Kier alpha value is -7.60. The van der Waals surface area contributed by atoms with Crippen molar-refractivity contribution >= 4 is 51.3 Å². The van der Waals surface area contributed by atoms with Crippen LogP contribution in [-0.2, 0) is 5.41 Å². The summed E-state index contributed by atoms with van der Waals surface area (Å²) in [5, 5.41) is 5.21. The highest BCUT2D eigenvalue weighted by atomic mass is 28.3. The molecule has 0 amide bonds. The molecule has 65 heavy (non-hydrogen) atoms. The fourth-order valence-corrected chi connectivity index (χ4v) is 13.2. The number of pyridine rings is 1. The molecule has 5 heteroatoms. The molecule has 3 aromatic heterocycles. The van der Waals surface area contributed by atoms with E-state index in [2.05, 4.69) is 242 Å². The molecule has 0 radical (unpaired) electrons. The lowest BCUT2D eigenvalue weighted by atomic mass is 9.85. The molecule has 0 saturated carbocycles. The minimum atomic E-state index is -2.31. The summed E-state index contributed by atoms with van der Waals surface area (Å²) < 4.78 is 7.11. The molecule has 0 spiro atoms. The average molecular weight is 851 g/mol. The van der Waals surface area contributed by atoms with E-state index in [9.17, 15) is 0 Å². The summed E-state index contributed by atoms with van der Waals surface area (Å²) >= 11 is 0. The number of benzene rings is 8. The van der Waals surface area contributed by atoms with E-state index in [1.807, 2.05) is 0 Å². The Morgan fingerprint density at radius 1 is 0.477 bits per heavy atom. The van der Waals surface area contributed by atoms with Crippen molar-refractivity contribution in [3.8, 4) is 73.0 Å². The molecule has 0 unspecified atom stereocenters. The van der Waals surface area contributed by atoms with Crippen LogP contribution in [-0.4, -0.2) is 22.2 Å². The topological polar surface area (TPSA) is 26.6 Å². The molecule has 310 valence electrons. The van der Waals surface area contributed by atoms with Crippen LogP contribution in [0.15, 0.2) is 188 Å². The van der Waals surface area contributed by atoms with E-state index in [-0.39, 0.29) is 5.41 Å². The van der Waals surface area contributed by atoms with Gasteiger partial charge in [0.2, 0.25) is 0 Å². The Bertz CT molecular complexity index is 3800. The van der Waals surface area contributed by atoms with Gasteiger partial charge in [-0.2, -0.15) is 0 Å². The van der Waals surface area contributed by atoms with Crippen LogP contribution in [0.5, 0.6) is 0 Å². The van der Waals surface area contributed by atoms with Crippen molar-refractivity contribution < 1.29 is 4.57 Å². The van der Waals surface area contributed by atoms with E-state index < -0.39 is 8.07 Å². The lowest BCUT2D eigenvalue weighted by Gasteiger charge is -2.25. The van der Waals surface area contributed by atoms with E-state index in [0.717, 1.165) is 61.7 Å². The van der Waals surface area contributed by atoms with Gasteiger partial charge >= 0.3 is 0 Å². The maximum atomic E-state index is 5.75. The standard InChI is InChI=1S/C60H46N4Si/c1-60(2,3)38-33-53-47-24-11-10-23-46(47)51-27-15-26-50-44-21-8-6-19-42(44)43-20-7-9-22-45(43)52-28-16-30-55-59(52)63(58(50)51)37-62(55)39-17-14-18-40(35-39)65(4,5)41-31-32-49-48-25-12-13-29-54(48)64(56(49)36-41)57(34-38)61-53/h6-36H,1-5H3. The van der Waals surface area contributed by atoms with Gasteiger partial charge < -0.3 is 0 Å². The SMILES string of the molecule is CC(C)(C)c1cc2nc(c1)-n1c3ccccc3c3ccc(cc31)[Si](C)(C)c1cccc(c1)-n1[c-][n+]3c4c(cccc41)-c1ccccc1-c1ccccc1-c1cccc(c1-3)-c1ccccc1-2. The number of aromatic nitrogens is 4. The molecule has 8 bridgehead atoms. The lowest BCUT2D eigenvalue weighted by molar-refractivity contribution is -0.570. The van der Waals surface area contributed by atoms with E-state index in [0.29, 0.717) is 0 Å². The van der Waals surface area contributed by atoms with Crippen molar-refractivity contribution in [3.63, 3.8) is 0 Å². The molecule has 0 atom stereocenters. The first-order valence-corrected chi connectivity index (χ1v) is 25.7. The Balaban J connectivity index is 1.24. The minimum absolute atomic E-state index is 0.148. The largest absolute Gasteiger partial charge is 0.294 e. The predicted molar refractivity (Wildman–Crippen MR) is 272 cm³/mol. The fraction of sp³-hybridized carbons (Fsp3) is 0.100. The Morgan fingerprint density at radius 2 is 1.02 bits per heavy atom. The third-order valence-corrected chi connectivity index (χ3v) is 17.8. The molecular weight excluding hydrogens is 805 g/mol. The van der Waals surface area contributed by atoms with E-state index in [1.54, 1.807) is 0 Å². The summed E-state index contributed by atoms with van der Waals surface area (Å²) in [4.78, 5) is 5.75. The van der Waals surface area contributed by atoms with Crippen molar-refractivity contribution in [2.24, 2.45) is 0 Å². The van der Waals surface area contributed by atoms with E-state index in [4.69, 9.17) is 4.98 Å². The molecule has 11 aromatic rings. The van der Waals surface area contributed by atoms with Gasteiger partial charge in [-0.15, -0.1) is 0 Å². The zero-order chi connectivity index (χ0) is 43.8. The van der Waals surface area contributed by atoms with Gasteiger partial charge in [0.25, 0.3) is 6.33 Å². The van der Waals surface area contributed by atoms with Crippen LogP contribution in [0.2, 0.25) is 13.1 Å². The molecule has 8 aromatic carbocycles. The van der Waals surface area contributed by atoms with Gasteiger partial charge in [0.05, 0.1) is 39.1 Å². The van der Waals surface area contributed by atoms with Crippen LogP contribution in [0.1, 0.15) is 26.3 Å². The first kappa shape index (κ1) is 37.9. The number of para-hydroxylation sites is 3. The van der Waals surface area contributed by atoms with Crippen LogP contribution in [0.25, 0.3) is 106 Å². The van der Waals surface area contributed by atoms with Gasteiger partial charge in [0.15, 0.2) is 0 Å². The first-order chi connectivity index (χ1) is 31.6. The van der Waals surface area contributed by atoms with Crippen molar-refractivity contribution in [2.75, 3.05) is 0 Å². The molecule has 2 aliphatic heterocycles. The van der Waals surface area contributed by atoms with Gasteiger partial charge in [-0.05, 0) is 91.9 Å². The Morgan fingerprint density at radius 3 is 1.74 bits per heavy atom. The fourth-order valence-electron chi connectivity index (χ4n) is 10.8. The summed E-state index contributed by atoms with van der Waals surface area (Å²) in [5.74, 6) is 0.926. The highest BCUT2D eigenvalue weighted by Crippen LogP contribution is 2.46. The van der Waals surface area contributed by atoms with Gasteiger partial charge in [-0.1, -0.05) is 196 Å². The highest BCUT2D eigenvalue weighted by molar-refractivity contribution is 7.00. The highest BCUT2D eigenvalue weighted by Gasteiger charge is 2.31. The molecule has 5 heterocycles. The smallest absolute Gasteiger partial charge is 0.269 e. The Kier molecular flexibility index (Phi) is 7.99. The molecule has 2 aliphatic rings. The predicted octanol–water partition coefficient (Wildman–Crippen LogP) is 13.3. The van der Waals surface area contributed by atoms with Crippen molar-refractivity contribution in [3.05, 3.63) is 200 Å². The van der Waals surface area contributed by atoms with E-state index in [1.165, 1.54) is 60.0 Å². The van der Waals surface area contributed by atoms with Crippen molar-refractivity contribution in [1.82, 2.24) is 14.1 Å². The van der Waals surface area contributed by atoms with Gasteiger partial charge in [0, 0.05) is 16.3 Å². The maximum absolute atomic E-state index is 5.75. The molecule has 0 fully saturated rings. The molecule has 4 nitrogen and oxygen atoms in total. The quantitative estimate of drug-likeness (QED) is 0.0848. The number of imidazole rings is 1. The summed E-state index contributed by atoms with van der Waals surface area (Å²) in [6.07, 6.45) is 4.05. The number of fused-ring (bicyclic) bond motifs is 20. The lowest BCUT2D eigenvalue weighted by Crippen LogP contribution is -2.52. The van der Waals surface area contributed by atoms with Crippen LogP contribution in [0.4, 0.5) is 0 Å². The zero-order valence-corrected chi connectivity index (χ0v) is 38.2. The second-order valence-corrected chi connectivity index (χ2v) is 23.8. The molecule has 13 rings (SSSR count). The summed E-state index contributed by atoms with van der Waals surface area (Å²) in [5.41, 5.74) is 19.2. The normalized spacial score (nSPS) is 13.4. The van der Waals surface area contributed by atoms with Crippen LogP contribution < -0.4 is 14.9 Å². The Labute approximate surface area is 380 Å². The third kappa shape index (κ3) is 5.55. The monoisotopic (exact) mass is 850 g/mol. The van der Waals surface area contributed by atoms with Gasteiger partial charge in [-0.3, -0.25) is 13.7 Å². The number of rotatable bonds is 0. The molecule has 0 N–H and O–H groups in total. The van der Waals surface area contributed by atoms with Crippen LogP contribution >= 0.6 is 0 Å². The zero-order valence-electron chi connectivity index (χ0n) is 37.2. The minimum Gasteiger partial charge on any atom is -0.294 e. The van der Waals surface area contributed by atoms with E-state index >= 15 is 0 Å². The number of nitrogens with zero attached hydrogens (tertiary/aromatic N) is 4. The second kappa shape index (κ2) is 13.7.